The van der Waals surface area contributed by atoms with E-state index in [2.05, 4.69) is 19.5 Å². The summed E-state index contributed by atoms with van der Waals surface area (Å²) >= 11 is 6.40. The van der Waals surface area contributed by atoms with Crippen LogP contribution in [-0.4, -0.2) is 35.7 Å². The highest BCUT2D eigenvalue weighted by Crippen LogP contribution is 2.38. The highest BCUT2D eigenvalue weighted by Gasteiger charge is 2.37. The highest BCUT2D eigenvalue weighted by atomic mass is 35.5. The molecule has 8 heteroatoms. The third kappa shape index (κ3) is 2.76. The number of imidazole rings is 2. The number of allylic oxidation sites excluding steroid dienone is 1. The minimum atomic E-state index is -0.715. The fourth-order valence-electron chi connectivity index (χ4n) is 4.74. The maximum absolute atomic E-state index is 6.40. The van der Waals surface area contributed by atoms with E-state index < -0.39 is 5.54 Å². The molecule has 2 aliphatic rings. The molecule has 1 fully saturated rings. The molecule has 1 aliphatic heterocycles. The van der Waals surface area contributed by atoms with E-state index in [1.807, 2.05) is 42.7 Å². The summed E-state index contributed by atoms with van der Waals surface area (Å²) in [6.07, 6.45) is 13.0. The number of fused-ring (bicyclic) bond motifs is 2. The Morgan fingerprint density at radius 2 is 2.00 bits per heavy atom. The van der Waals surface area contributed by atoms with Gasteiger partial charge in [0.05, 0.1) is 17.4 Å². The molecule has 30 heavy (non-hydrogen) atoms. The summed E-state index contributed by atoms with van der Waals surface area (Å²) in [5.74, 6) is 0.845. The summed E-state index contributed by atoms with van der Waals surface area (Å²) in [5, 5.41) is 0.219. The monoisotopic (exact) mass is 417 g/mol. The summed E-state index contributed by atoms with van der Waals surface area (Å²) in [4.78, 5) is 26.8. The number of halogens is 1. The molecule has 0 radical (unpaired) electrons. The second-order valence-corrected chi connectivity index (χ2v) is 8.38. The molecule has 0 spiro atoms. The predicted octanol–water partition coefficient (Wildman–Crippen LogP) is 4.55. The van der Waals surface area contributed by atoms with Crippen molar-refractivity contribution in [2.45, 2.75) is 43.7 Å². The normalized spacial score (nSPS) is 21.5. The number of hydrogen-bond acceptors (Lipinski definition) is 5. The molecule has 4 heterocycles. The summed E-state index contributed by atoms with van der Waals surface area (Å²) in [7, 11) is 0. The van der Waals surface area contributed by atoms with E-state index in [0.717, 1.165) is 46.6 Å². The lowest BCUT2D eigenvalue weighted by atomic mass is 9.91. The predicted molar refractivity (Wildman–Crippen MR) is 117 cm³/mol. The molecule has 0 bridgehead atoms. The Hall–Kier alpha value is -3.06. The van der Waals surface area contributed by atoms with Gasteiger partial charge in [-0.05, 0) is 48.7 Å². The van der Waals surface area contributed by atoms with Crippen LogP contribution in [0.4, 0.5) is 0 Å². The standard InChI is InChI=1S/C22H20ClN7/c23-21-28-19(18-20(29-21)30(13-24-18)14-6-1-2-7-14)22(10-5-11-25-22)12-17-26-15-8-3-4-9-16(15)27-17/h3-5,8-11,13-14H,1-2,6-7,12H2,(H,26,27). The van der Waals surface area contributed by atoms with Crippen LogP contribution < -0.4 is 0 Å². The minimum absolute atomic E-state index is 0.219. The van der Waals surface area contributed by atoms with Crippen molar-refractivity contribution >= 4 is 40.0 Å². The van der Waals surface area contributed by atoms with Crippen LogP contribution >= 0.6 is 11.6 Å². The smallest absolute Gasteiger partial charge is 0.224 e. The van der Waals surface area contributed by atoms with E-state index in [1.165, 1.54) is 12.8 Å². The molecule has 1 saturated carbocycles. The average Bonchev–Trinajstić information content (AvgIpc) is 3.53. The van der Waals surface area contributed by atoms with E-state index in [9.17, 15) is 0 Å². The molecule has 3 aromatic heterocycles. The number of nitrogens with one attached hydrogen (secondary N) is 1. The molecule has 0 saturated heterocycles. The Kier molecular flexibility index (Phi) is 3.99. The number of para-hydroxylation sites is 2. The quantitative estimate of drug-likeness (QED) is 0.493. The van der Waals surface area contributed by atoms with Gasteiger partial charge < -0.3 is 9.55 Å². The van der Waals surface area contributed by atoms with Crippen LogP contribution in [0.25, 0.3) is 22.2 Å². The van der Waals surface area contributed by atoms with Gasteiger partial charge in [0.2, 0.25) is 5.28 Å². The van der Waals surface area contributed by atoms with Crippen molar-refractivity contribution in [3.63, 3.8) is 0 Å². The van der Waals surface area contributed by atoms with Crippen LogP contribution in [-0.2, 0) is 12.0 Å². The maximum Gasteiger partial charge on any atom is 0.224 e. The van der Waals surface area contributed by atoms with Gasteiger partial charge in [0.1, 0.15) is 22.6 Å². The maximum atomic E-state index is 6.40. The van der Waals surface area contributed by atoms with Crippen molar-refractivity contribution in [3.8, 4) is 0 Å². The molecule has 0 amide bonds. The van der Waals surface area contributed by atoms with E-state index in [-0.39, 0.29) is 5.28 Å². The molecule has 1 unspecified atom stereocenters. The van der Waals surface area contributed by atoms with E-state index in [0.29, 0.717) is 12.5 Å². The van der Waals surface area contributed by atoms with E-state index in [1.54, 1.807) is 6.21 Å². The lowest BCUT2D eigenvalue weighted by Gasteiger charge is -2.23. The summed E-state index contributed by atoms with van der Waals surface area (Å²) in [6, 6.07) is 8.42. The van der Waals surface area contributed by atoms with Crippen molar-refractivity contribution in [1.82, 2.24) is 29.5 Å². The van der Waals surface area contributed by atoms with E-state index in [4.69, 9.17) is 26.6 Å². The number of aromatic nitrogens is 6. The van der Waals surface area contributed by atoms with Gasteiger partial charge in [-0.25, -0.2) is 15.0 Å². The zero-order valence-electron chi connectivity index (χ0n) is 16.3. The van der Waals surface area contributed by atoms with Gasteiger partial charge in [0.15, 0.2) is 5.65 Å². The van der Waals surface area contributed by atoms with Gasteiger partial charge in [-0.3, -0.25) is 4.99 Å². The lowest BCUT2D eigenvalue weighted by Crippen LogP contribution is -2.25. The molecule has 1 aliphatic carbocycles. The van der Waals surface area contributed by atoms with Gasteiger partial charge in [-0.1, -0.05) is 25.0 Å². The zero-order chi connectivity index (χ0) is 20.1. The van der Waals surface area contributed by atoms with Crippen molar-refractivity contribution in [2.24, 2.45) is 4.99 Å². The van der Waals surface area contributed by atoms with Crippen molar-refractivity contribution in [3.05, 3.63) is 59.5 Å². The Labute approximate surface area is 178 Å². The number of H-pyrrole nitrogens is 1. The SMILES string of the molecule is Clc1nc(C2(Cc3nc4ccccc4[nH]3)C=CC=N2)c2ncn(C3CCCC3)c2n1. The minimum Gasteiger partial charge on any atom is -0.342 e. The third-order valence-corrected chi connectivity index (χ3v) is 6.33. The van der Waals surface area contributed by atoms with E-state index >= 15 is 0 Å². The first-order valence-corrected chi connectivity index (χ1v) is 10.7. The van der Waals surface area contributed by atoms with Crippen LogP contribution in [0, 0.1) is 0 Å². The van der Waals surface area contributed by atoms with Gasteiger partial charge >= 0.3 is 0 Å². The third-order valence-electron chi connectivity index (χ3n) is 6.16. The topological polar surface area (TPSA) is 84.6 Å². The first-order chi connectivity index (χ1) is 14.7. The van der Waals surface area contributed by atoms with Crippen LogP contribution in [0.15, 0.2) is 47.7 Å². The molecule has 150 valence electrons. The molecule has 4 aromatic rings. The summed E-state index contributed by atoms with van der Waals surface area (Å²) < 4.78 is 2.16. The first-order valence-electron chi connectivity index (χ1n) is 10.3. The van der Waals surface area contributed by atoms with Gasteiger partial charge in [-0.15, -0.1) is 0 Å². The fraction of sp³-hybridized carbons (Fsp3) is 0.318. The second-order valence-electron chi connectivity index (χ2n) is 8.04. The number of aliphatic imine (C=N–C) groups is 1. The fourth-order valence-corrected chi connectivity index (χ4v) is 4.90. The Morgan fingerprint density at radius 3 is 2.80 bits per heavy atom. The Morgan fingerprint density at radius 1 is 1.13 bits per heavy atom. The molecule has 6 rings (SSSR count). The number of benzene rings is 1. The van der Waals surface area contributed by atoms with Crippen LogP contribution in [0.5, 0.6) is 0 Å². The molecule has 7 nitrogen and oxygen atoms in total. The summed E-state index contributed by atoms with van der Waals surface area (Å²) in [5.41, 5.74) is 3.49. The number of rotatable bonds is 4. The van der Waals surface area contributed by atoms with Crippen molar-refractivity contribution < 1.29 is 0 Å². The van der Waals surface area contributed by atoms with Crippen LogP contribution in [0.2, 0.25) is 5.28 Å². The zero-order valence-corrected chi connectivity index (χ0v) is 17.0. The molecular weight excluding hydrogens is 398 g/mol. The lowest BCUT2D eigenvalue weighted by molar-refractivity contribution is 0.527. The number of nitrogens with zero attached hydrogens (tertiary/aromatic N) is 6. The Balaban J connectivity index is 1.49. The Bertz CT molecular complexity index is 1260. The van der Waals surface area contributed by atoms with Gasteiger partial charge in [0, 0.05) is 18.7 Å². The average molecular weight is 418 g/mol. The van der Waals surface area contributed by atoms with Crippen molar-refractivity contribution in [1.29, 1.82) is 0 Å². The molecule has 1 N–H and O–H groups in total. The number of aromatic amines is 1. The van der Waals surface area contributed by atoms with Crippen molar-refractivity contribution in [2.75, 3.05) is 0 Å². The highest BCUT2D eigenvalue weighted by molar-refractivity contribution is 6.28. The first kappa shape index (κ1) is 17.8. The van der Waals surface area contributed by atoms with Crippen LogP contribution in [0.1, 0.15) is 43.2 Å². The summed E-state index contributed by atoms with van der Waals surface area (Å²) in [6.45, 7) is 0. The van der Waals surface area contributed by atoms with Gasteiger partial charge in [0.25, 0.3) is 0 Å². The molecular formula is C22H20ClN7. The largest absolute Gasteiger partial charge is 0.342 e. The molecule has 1 atom stereocenters. The number of hydrogen-bond donors (Lipinski definition) is 1. The second kappa shape index (κ2) is 6.74. The van der Waals surface area contributed by atoms with Crippen LogP contribution in [0.3, 0.4) is 0 Å². The molecule has 1 aromatic carbocycles. The van der Waals surface area contributed by atoms with Gasteiger partial charge in [-0.2, -0.15) is 4.98 Å².